The van der Waals surface area contributed by atoms with Gasteiger partial charge in [-0.25, -0.2) is 0 Å². The van der Waals surface area contributed by atoms with Gasteiger partial charge in [0.15, 0.2) is 17.2 Å². The summed E-state index contributed by atoms with van der Waals surface area (Å²) in [6.45, 7) is 7.32. The van der Waals surface area contributed by atoms with Crippen LogP contribution in [0.4, 0.5) is 0 Å². The molecule has 194 valence electrons. The number of hydrogen-bond acceptors (Lipinski definition) is 6. The Morgan fingerprint density at radius 3 is 2.46 bits per heavy atom. The topological polar surface area (TPSA) is 54.4 Å². The molecule has 9 heteroatoms. The molecule has 2 aromatic rings. The fourth-order valence-electron chi connectivity index (χ4n) is 4.14. The molecule has 1 aliphatic rings. The zero-order valence-electron chi connectivity index (χ0n) is 20.6. The molecule has 1 fully saturated rings. The predicted molar refractivity (Wildman–Crippen MR) is 145 cm³/mol. The molecule has 1 saturated heterocycles. The number of nitrogens with zero attached hydrogens (tertiary/aromatic N) is 2. The van der Waals surface area contributed by atoms with E-state index in [9.17, 15) is 5.11 Å². The maximum Gasteiger partial charge on any atom is 0.161 e. The highest BCUT2D eigenvalue weighted by molar-refractivity contribution is 9.10. The van der Waals surface area contributed by atoms with E-state index in [1.54, 1.807) is 19.2 Å². The Morgan fingerprint density at radius 2 is 1.80 bits per heavy atom. The second kappa shape index (κ2) is 13.9. The molecule has 1 heterocycles. The molecule has 1 atom stereocenters. The SMILES string of the molecule is COc1cc(CN(C)CC(O)COc2c(Cl)cc(Br)cc2Cl)ccc1OCCN1CCC(C)CC1. The van der Waals surface area contributed by atoms with Gasteiger partial charge in [0, 0.05) is 24.1 Å². The number of likely N-dealkylation sites (N-methyl/N-ethyl adjacent to an activating group) is 1. The molecule has 0 aromatic heterocycles. The molecular weight excluding hydrogens is 555 g/mol. The lowest BCUT2D eigenvalue weighted by molar-refractivity contribution is 0.0744. The summed E-state index contributed by atoms with van der Waals surface area (Å²) in [7, 11) is 3.60. The minimum Gasteiger partial charge on any atom is -0.493 e. The van der Waals surface area contributed by atoms with Crippen LogP contribution in [0, 0.1) is 5.92 Å². The normalized spacial score (nSPS) is 15.9. The molecule has 0 bridgehead atoms. The van der Waals surface area contributed by atoms with Gasteiger partial charge < -0.3 is 19.3 Å². The van der Waals surface area contributed by atoms with Gasteiger partial charge in [-0.2, -0.15) is 0 Å². The summed E-state index contributed by atoms with van der Waals surface area (Å²) >= 11 is 15.7. The molecule has 1 N–H and O–H groups in total. The average Bonchev–Trinajstić information content (AvgIpc) is 2.80. The fourth-order valence-corrected chi connectivity index (χ4v) is 5.45. The van der Waals surface area contributed by atoms with Crippen LogP contribution < -0.4 is 14.2 Å². The van der Waals surface area contributed by atoms with E-state index in [2.05, 4.69) is 27.8 Å². The lowest BCUT2D eigenvalue weighted by Crippen LogP contribution is -2.35. The van der Waals surface area contributed by atoms with Crippen LogP contribution in [0.5, 0.6) is 17.2 Å². The van der Waals surface area contributed by atoms with Crippen molar-refractivity contribution in [2.24, 2.45) is 5.92 Å². The van der Waals surface area contributed by atoms with Crippen molar-refractivity contribution >= 4 is 39.1 Å². The fraction of sp³-hybridized carbons (Fsp3) is 0.538. The summed E-state index contributed by atoms with van der Waals surface area (Å²) in [4.78, 5) is 4.48. The summed E-state index contributed by atoms with van der Waals surface area (Å²) in [6.07, 6.45) is 1.81. The first-order chi connectivity index (χ1) is 16.7. The zero-order valence-corrected chi connectivity index (χ0v) is 23.7. The number of piperidine rings is 1. The van der Waals surface area contributed by atoms with Crippen molar-refractivity contribution in [2.45, 2.75) is 32.4 Å². The Kier molecular flexibility index (Phi) is 11.3. The molecule has 1 unspecified atom stereocenters. The zero-order chi connectivity index (χ0) is 25.4. The summed E-state index contributed by atoms with van der Waals surface area (Å²) in [5, 5.41) is 11.2. The van der Waals surface area contributed by atoms with Gasteiger partial charge in [-0.1, -0.05) is 52.1 Å². The molecule has 0 amide bonds. The molecule has 0 spiro atoms. The maximum atomic E-state index is 10.4. The Balaban J connectivity index is 1.45. The maximum absolute atomic E-state index is 10.4. The number of likely N-dealkylation sites (tertiary alicyclic amines) is 1. The van der Waals surface area contributed by atoms with Gasteiger partial charge in [-0.3, -0.25) is 9.80 Å². The van der Waals surface area contributed by atoms with Crippen molar-refractivity contribution in [1.82, 2.24) is 9.80 Å². The van der Waals surface area contributed by atoms with Crippen LogP contribution >= 0.6 is 39.1 Å². The van der Waals surface area contributed by atoms with E-state index in [4.69, 9.17) is 37.4 Å². The molecular formula is C26H35BrCl2N2O4. The Labute approximate surface area is 227 Å². The third-order valence-electron chi connectivity index (χ3n) is 6.13. The van der Waals surface area contributed by atoms with Gasteiger partial charge in [-0.15, -0.1) is 0 Å². The number of aliphatic hydroxyl groups excluding tert-OH is 1. The van der Waals surface area contributed by atoms with Crippen LogP contribution in [0.3, 0.4) is 0 Å². The molecule has 0 aliphatic carbocycles. The number of ether oxygens (including phenoxy) is 3. The van der Waals surface area contributed by atoms with Crippen LogP contribution in [0.15, 0.2) is 34.8 Å². The molecule has 3 rings (SSSR count). The number of halogens is 3. The lowest BCUT2D eigenvalue weighted by Gasteiger charge is -2.30. The van der Waals surface area contributed by atoms with E-state index < -0.39 is 6.10 Å². The number of methoxy groups -OCH3 is 1. The van der Waals surface area contributed by atoms with Crippen LogP contribution in [0.1, 0.15) is 25.3 Å². The molecule has 0 radical (unpaired) electrons. The lowest BCUT2D eigenvalue weighted by atomic mass is 9.99. The molecule has 1 aliphatic heterocycles. The summed E-state index contributed by atoms with van der Waals surface area (Å²) in [6, 6.07) is 9.38. The molecule has 35 heavy (non-hydrogen) atoms. The molecule has 6 nitrogen and oxygen atoms in total. The highest BCUT2D eigenvalue weighted by Gasteiger charge is 2.17. The highest BCUT2D eigenvalue weighted by atomic mass is 79.9. The predicted octanol–water partition coefficient (Wildman–Crippen LogP) is 5.75. The molecule has 0 saturated carbocycles. The van der Waals surface area contributed by atoms with Gasteiger partial charge in [0.05, 0.1) is 17.2 Å². The number of hydrogen-bond donors (Lipinski definition) is 1. The molecule has 2 aromatic carbocycles. The van der Waals surface area contributed by atoms with Crippen molar-refractivity contribution in [2.75, 3.05) is 53.6 Å². The van der Waals surface area contributed by atoms with Crippen LogP contribution in [-0.2, 0) is 6.54 Å². The third-order valence-corrected chi connectivity index (χ3v) is 7.15. The van der Waals surface area contributed by atoms with Crippen molar-refractivity contribution in [1.29, 1.82) is 0 Å². The Morgan fingerprint density at radius 1 is 1.11 bits per heavy atom. The Bertz CT molecular complexity index is 934. The average molecular weight is 590 g/mol. The van der Waals surface area contributed by atoms with Crippen LogP contribution in [-0.4, -0.2) is 74.6 Å². The minimum absolute atomic E-state index is 0.0808. The van der Waals surface area contributed by atoms with E-state index in [0.29, 0.717) is 41.2 Å². The van der Waals surface area contributed by atoms with Crippen molar-refractivity contribution < 1.29 is 19.3 Å². The largest absolute Gasteiger partial charge is 0.493 e. The quantitative estimate of drug-likeness (QED) is 0.340. The summed E-state index contributed by atoms with van der Waals surface area (Å²) in [5.41, 5.74) is 1.06. The van der Waals surface area contributed by atoms with Gasteiger partial charge in [0.1, 0.15) is 19.3 Å². The van der Waals surface area contributed by atoms with Crippen molar-refractivity contribution in [3.63, 3.8) is 0 Å². The van der Waals surface area contributed by atoms with Crippen LogP contribution in [0.25, 0.3) is 0 Å². The minimum atomic E-state index is -0.710. The standard InChI is InChI=1S/C26H35BrCl2N2O4/c1-18-6-8-31(9-7-18)10-11-34-24-5-4-19(12-25(24)33-3)15-30(2)16-21(32)17-35-26-22(28)13-20(27)14-23(26)29/h4-5,12-14,18,21,32H,6-11,15-17H2,1-3H3. The second-order valence-electron chi connectivity index (χ2n) is 9.22. The van der Waals surface area contributed by atoms with Gasteiger partial charge >= 0.3 is 0 Å². The van der Waals surface area contributed by atoms with Crippen molar-refractivity contribution in [3.8, 4) is 17.2 Å². The monoisotopic (exact) mass is 588 g/mol. The summed E-state index contributed by atoms with van der Waals surface area (Å²) < 4.78 is 18.0. The number of aliphatic hydroxyl groups is 1. The van der Waals surface area contributed by atoms with Gasteiger partial charge in [0.25, 0.3) is 0 Å². The van der Waals surface area contributed by atoms with E-state index in [0.717, 1.165) is 41.3 Å². The van der Waals surface area contributed by atoms with E-state index in [1.807, 2.05) is 30.1 Å². The van der Waals surface area contributed by atoms with E-state index in [-0.39, 0.29) is 6.61 Å². The van der Waals surface area contributed by atoms with Crippen LogP contribution in [0.2, 0.25) is 10.0 Å². The first-order valence-corrected chi connectivity index (χ1v) is 13.5. The Hall–Kier alpha value is -1.22. The van der Waals surface area contributed by atoms with Gasteiger partial charge in [0.2, 0.25) is 0 Å². The third kappa shape index (κ3) is 8.99. The first-order valence-electron chi connectivity index (χ1n) is 11.9. The number of benzene rings is 2. The van der Waals surface area contributed by atoms with Gasteiger partial charge in [-0.05, 0) is 68.7 Å². The van der Waals surface area contributed by atoms with E-state index >= 15 is 0 Å². The summed E-state index contributed by atoms with van der Waals surface area (Å²) in [5.74, 6) is 2.66. The highest BCUT2D eigenvalue weighted by Crippen LogP contribution is 2.36. The number of rotatable bonds is 12. The smallest absolute Gasteiger partial charge is 0.161 e. The van der Waals surface area contributed by atoms with E-state index in [1.165, 1.54) is 12.8 Å². The van der Waals surface area contributed by atoms with Crippen molar-refractivity contribution in [3.05, 3.63) is 50.4 Å². The second-order valence-corrected chi connectivity index (χ2v) is 10.9. The first kappa shape index (κ1) is 28.4.